The average molecular weight is 322 g/mol. The molecule has 1 saturated heterocycles. The number of ether oxygens (including phenoxy) is 2. The highest BCUT2D eigenvalue weighted by molar-refractivity contribution is 5.93. The van der Waals surface area contributed by atoms with E-state index in [2.05, 4.69) is 10.3 Å². The van der Waals surface area contributed by atoms with Gasteiger partial charge < -0.3 is 19.9 Å². The molecule has 1 aromatic heterocycles. The van der Waals surface area contributed by atoms with Crippen LogP contribution in [0.2, 0.25) is 0 Å². The average Bonchev–Trinajstić information content (AvgIpc) is 2.46. The highest BCUT2D eigenvalue weighted by atomic mass is 16.5. The molecule has 7 heteroatoms. The van der Waals surface area contributed by atoms with Crippen LogP contribution in [0.3, 0.4) is 0 Å². The van der Waals surface area contributed by atoms with E-state index < -0.39 is 17.4 Å². The van der Waals surface area contributed by atoms with E-state index in [1.54, 1.807) is 18.2 Å². The number of hydrogen-bond acceptors (Lipinski definition) is 5. The summed E-state index contributed by atoms with van der Waals surface area (Å²) in [7, 11) is 0. The molecule has 2 rings (SSSR count). The van der Waals surface area contributed by atoms with E-state index in [4.69, 9.17) is 14.6 Å². The van der Waals surface area contributed by atoms with Crippen molar-refractivity contribution in [3.05, 3.63) is 23.9 Å². The normalized spacial score (nSPS) is 16.8. The van der Waals surface area contributed by atoms with E-state index in [0.29, 0.717) is 31.9 Å². The minimum absolute atomic E-state index is 0.0466. The lowest BCUT2D eigenvalue weighted by molar-refractivity contribution is -0.139. The molecule has 0 bridgehead atoms. The van der Waals surface area contributed by atoms with Crippen LogP contribution < -0.4 is 10.1 Å². The van der Waals surface area contributed by atoms with E-state index in [1.807, 2.05) is 13.8 Å². The van der Waals surface area contributed by atoms with Crippen molar-refractivity contribution in [3.63, 3.8) is 0 Å². The van der Waals surface area contributed by atoms with E-state index in [9.17, 15) is 9.59 Å². The van der Waals surface area contributed by atoms with Crippen LogP contribution in [0.15, 0.2) is 18.2 Å². The predicted octanol–water partition coefficient (Wildman–Crippen LogP) is 1.62. The Morgan fingerprint density at radius 2 is 2.09 bits per heavy atom. The Hall–Kier alpha value is -2.15. The molecule has 2 N–H and O–H groups in total. The summed E-state index contributed by atoms with van der Waals surface area (Å²) >= 11 is 0. The number of aromatic nitrogens is 1. The van der Waals surface area contributed by atoms with Crippen LogP contribution in [0.4, 0.5) is 0 Å². The molecule has 0 unspecified atom stereocenters. The number of carbonyl (C=O) groups excluding carboxylic acids is 1. The highest BCUT2D eigenvalue weighted by Crippen LogP contribution is 2.25. The Morgan fingerprint density at radius 1 is 1.39 bits per heavy atom. The van der Waals surface area contributed by atoms with Crippen molar-refractivity contribution in [2.75, 3.05) is 13.2 Å². The molecule has 0 spiro atoms. The molecule has 1 amide bonds. The summed E-state index contributed by atoms with van der Waals surface area (Å²) in [4.78, 5) is 27.8. The quantitative estimate of drug-likeness (QED) is 0.826. The van der Waals surface area contributed by atoms with Gasteiger partial charge in [-0.3, -0.25) is 9.59 Å². The number of carboxylic acids is 1. The summed E-state index contributed by atoms with van der Waals surface area (Å²) in [5, 5.41) is 12.0. The van der Waals surface area contributed by atoms with Gasteiger partial charge in [0.25, 0.3) is 5.91 Å². The third-order valence-electron chi connectivity index (χ3n) is 3.63. The predicted molar refractivity (Wildman–Crippen MR) is 82.5 cm³/mol. The largest absolute Gasteiger partial charge is 0.481 e. The summed E-state index contributed by atoms with van der Waals surface area (Å²) in [5.74, 6) is -0.980. The van der Waals surface area contributed by atoms with Crippen LogP contribution in [0, 0.1) is 0 Å². The minimum Gasteiger partial charge on any atom is -0.481 e. The first-order chi connectivity index (χ1) is 10.9. The van der Waals surface area contributed by atoms with Gasteiger partial charge in [0, 0.05) is 19.3 Å². The first kappa shape index (κ1) is 17.2. The van der Waals surface area contributed by atoms with Crippen LogP contribution in [0.1, 0.15) is 43.6 Å². The second-order valence-corrected chi connectivity index (χ2v) is 5.95. The van der Waals surface area contributed by atoms with Gasteiger partial charge in [0.05, 0.1) is 18.1 Å². The Balaban J connectivity index is 2.13. The van der Waals surface area contributed by atoms with Gasteiger partial charge in [-0.2, -0.15) is 0 Å². The monoisotopic (exact) mass is 322 g/mol. The zero-order chi connectivity index (χ0) is 16.9. The van der Waals surface area contributed by atoms with Crippen molar-refractivity contribution in [1.29, 1.82) is 0 Å². The van der Waals surface area contributed by atoms with E-state index in [-0.39, 0.29) is 18.2 Å². The van der Waals surface area contributed by atoms with Crippen molar-refractivity contribution >= 4 is 11.9 Å². The molecule has 0 atom stereocenters. The molecule has 23 heavy (non-hydrogen) atoms. The van der Waals surface area contributed by atoms with Crippen LogP contribution >= 0.6 is 0 Å². The van der Waals surface area contributed by atoms with Gasteiger partial charge in [0.15, 0.2) is 0 Å². The minimum atomic E-state index is -0.947. The molecule has 0 aliphatic carbocycles. The van der Waals surface area contributed by atoms with Crippen LogP contribution in [-0.2, 0) is 9.53 Å². The lowest BCUT2D eigenvalue weighted by Crippen LogP contribution is -2.53. The molecule has 1 aromatic rings. The lowest BCUT2D eigenvalue weighted by atomic mass is 9.86. The molecule has 7 nitrogen and oxygen atoms in total. The SMILES string of the molecule is CC(C)Oc1cccc(C(=O)NC2(CC(=O)O)CCOCC2)n1. The van der Waals surface area contributed by atoms with Gasteiger partial charge in [-0.05, 0) is 32.8 Å². The summed E-state index contributed by atoms with van der Waals surface area (Å²) in [6.07, 6.45) is 0.750. The highest BCUT2D eigenvalue weighted by Gasteiger charge is 2.36. The Bertz CT molecular complexity index is 567. The smallest absolute Gasteiger partial charge is 0.305 e. The van der Waals surface area contributed by atoms with Crippen molar-refractivity contribution in [1.82, 2.24) is 10.3 Å². The molecular formula is C16H22N2O5. The molecule has 1 aliphatic heterocycles. The molecule has 1 aliphatic rings. The fraction of sp³-hybridized carbons (Fsp3) is 0.562. The topological polar surface area (TPSA) is 97.8 Å². The van der Waals surface area contributed by atoms with Crippen molar-refractivity contribution in [3.8, 4) is 5.88 Å². The first-order valence-electron chi connectivity index (χ1n) is 7.66. The van der Waals surface area contributed by atoms with Crippen LogP contribution in [-0.4, -0.2) is 46.8 Å². The first-order valence-corrected chi connectivity index (χ1v) is 7.66. The maximum atomic E-state index is 12.5. The molecule has 0 saturated carbocycles. The maximum absolute atomic E-state index is 12.5. The summed E-state index contributed by atoms with van der Waals surface area (Å²) < 4.78 is 10.8. The molecule has 2 heterocycles. The third-order valence-corrected chi connectivity index (χ3v) is 3.63. The fourth-order valence-electron chi connectivity index (χ4n) is 2.55. The lowest BCUT2D eigenvalue weighted by Gasteiger charge is -2.36. The number of nitrogens with zero attached hydrogens (tertiary/aromatic N) is 1. The zero-order valence-corrected chi connectivity index (χ0v) is 13.4. The van der Waals surface area contributed by atoms with Crippen molar-refractivity contribution in [2.24, 2.45) is 0 Å². The number of nitrogens with one attached hydrogen (secondary N) is 1. The number of carboxylic acid groups (broad SMARTS) is 1. The van der Waals surface area contributed by atoms with E-state index in [0.717, 1.165) is 0 Å². The number of amides is 1. The van der Waals surface area contributed by atoms with Crippen LogP contribution in [0.25, 0.3) is 0 Å². The van der Waals surface area contributed by atoms with Gasteiger partial charge in [-0.25, -0.2) is 4.98 Å². The van der Waals surface area contributed by atoms with Gasteiger partial charge in [0.2, 0.25) is 5.88 Å². The molecule has 1 fully saturated rings. The van der Waals surface area contributed by atoms with Gasteiger partial charge in [-0.1, -0.05) is 6.07 Å². The number of pyridine rings is 1. The Kier molecular flexibility index (Phi) is 5.54. The maximum Gasteiger partial charge on any atom is 0.305 e. The van der Waals surface area contributed by atoms with Gasteiger partial charge >= 0.3 is 5.97 Å². The Morgan fingerprint density at radius 3 is 2.70 bits per heavy atom. The third kappa shape index (κ3) is 4.92. The number of aliphatic carboxylic acids is 1. The Labute approximate surface area is 135 Å². The second-order valence-electron chi connectivity index (χ2n) is 5.95. The van der Waals surface area contributed by atoms with Crippen molar-refractivity contribution < 1.29 is 24.2 Å². The standard InChI is InChI=1S/C16H22N2O5/c1-11(2)23-13-5-3-4-12(17-13)15(21)18-16(10-14(19)20)6-8-22-9-7-16/h3-5,11H,6-10H2,1-2H3,(H,18,21)(H,19,20). The van der Waals surface area contributed by atoms with Gasteiger partial charge in [0.1, 0.15) is 5.69 Å². The molecular weight excluding hydrogens is 300 g/mol. The van der Waals surface area contributed by atoms with E-state index >= 15 is 0 Å². The van der Waals surface area contributed by atoms with Crippen LogP contribution in [0.5, 0.6) is 5.88 Å². The van der Waals surface area contributed by atoms with Gasteiger partial charge in [-0.15, -0.1) is 0 Å². The summed E-state index contributed by atoms with van der Waals surface area (Å²) in [5.41, 5.74) is -0.586. The van der Waals surface area contributed by atoms with Crippen molar-refractivity contribution in [2.45, 2.75) is 44.8 Å². The van der Waals surface area contributed by atoms with E-state index in [1.165, 1.54) is 0 Å². The molecule has 126 valence electrons. The number of carbonyl (C=O) groups is 2. The summed E-state index contributed by atoms with van der Waals surface area (Å²) in [6, 6.07) is 4.95. The zero-order valence-electron chi connectivity index (χ0n) is 13.4. The number of hydrogen-bond donors (Lipinski definition) is 2. The molecule has 0 aromatic carbocycles. The number of rotatable bonds is 6. The molecule has 0 radical (unpaired) electrons. The second kappa shape index (κ2) is 7.41. The fourth-order valence-corrected chi connectivity index (χ4v) is 2.55. The summed E-state index contributed by atoms with van der Waals surface area (Å²) in [6.45, 7) is 4.60.